The topological polar surface area (TPSA) is 22.0 Å². The Kier molecular flexibility index (Phi) is 4.97. The van der Waals surface area contributed by atoms with Gasteiger partial charge in [-0.2, -0.15) is 0 Å². The molecule has 0 atom stereocenters. The molecule has 4 aromatic carbocycles. The summed E-state index contributed by atoms with van der Waals surface area (Å²) in [5, 5.41) is 2.47. The maximum Gasteiger partial charge on any atom is 0.185 e. The molecule has 0 spiro atoms. The first-order valence-electron chi connectivity index (χ1n) is 10.6. The molecule has 5 rings (SSSR count). The smallest absolute Gasteiger partial charge is 0.185 e. The maximum atomic E-state index is 12.7. The highest BCUT2D eigenvalue weighted by atomic mass is 16.1. The average Bonchev–Trinajstić information content (AvgIpc) is 3.16. The van der Waals surface area contributed by atoms with Crippen molar-refractivity contribution in [3.63, 3.8) is 0 Å². The van der Waals surface area contributed by atoms with Gasteiger partial charge in [0.25, 0.3) is 0 Å². The largest absolute Gasteiger partial charge is 0.341 e. The van der Waals surface area contributed by atoms with Crippen molar-refractivity contribution in [2.45, 2.75) is 13.5 Å². The fourth-order valence-corrected chi connectivity index (χ4v) is 4.24. The summed E-state index contributed by atoms with van der Waals surface area (Å²) in [6, 6.07) is 32.9. The number of aryl methyl sites for hydroxylation is 1. The maximum absolute atomic E-state index is 12.7. The summed E-state index contributed by atoms with van der Waals surface area (Å²) in [5.41, 5.74) is 6.45. The number of hydrogen-bond donors (Lipinski definition) is 0. The number of carbonyl (C=O) groups is 1. The van der Waals surface area contributed by atoms with Crippen molar-refractivity contribution in [2.75, 3.05) is 0 Å². The molecule has 0 aliphatic heterocycles. The molecular formula is C29H23NO. The second-order valence-electron chi connectivity index (χ2n) is 7.68. The Morgan fingerprint density at radius 1 is 0.742 bits per heavy atom. The molecule has 1 heterocycles. The van der Waals surface area contributed by atoms with Gasteiger partial charge in [0.1, 0.15) is 0 Å². The minimum atomic E-state index is 0.00990. The predicted molar refractivity (Wildman–Crippen MR) is 130 cm³/mol. The fourth-order valence-electron chi connectivity index (χ4n) is 4.24. The molecular weight excluding hydrogens is 378 g/mol. The van der Waals surface area contributed by atoms with Gasteiger partial charge in [0, 0.05) is 33.9 Å². The van der Waals surface area contributed by atoms with Gasteiger partial charge >= 0.3 is 0 Å². The van der Waals surface area contributed by atoms with Gasteiger partial charge in [-0.15, -0.1) is 0 Å². The summed E-state index contributed by atoms with van der Waals surface area (Å²) < 4.78 is 2.33. The van der Waals surface area contributed by atoms with Gasteiger partial charge in [0.05, 0.1) is 0 Å². The minimum Gasteiger partial charge on any atom is -0.341 e. The minimum absolute atomic E-state index is 0.00990. The van der Waals surface area contributed by atoms with Gasteiger partial charge in [0.15, 0.2) is 5.78 Å². The van der Waals surface area contributed by atoms with E-state index in [2.05, 4.69) is 66.1 Å². The molecule has 5 aromatic rings. The molecule has 0 amide bonds. The van der Waals surface area contributed by atoms with Gasteiger partial charge in [-0.1, -0.05) is 84.9 Å². The second kappa shape index (κ2) is 8.08. The number of fused-ring (bicyclic) bond motifs is 3. The van der Waals surface area contributed by atoms with E-state index < -0.39 is 0 Å². The number of para-hydroxylation sites is 1. The van der Waals surface area contributed by atoms with E-state index in [-0.39, 0.29) is 5.78 Å². The van der Waals surface area contributed by atoms with Crippen molar-refractivity contribution in [3.05, 3.63) is 114 Å². The van der Waals surface area contributed by atoms with E-state index >= 15 is 0 Å². The Morgan fingerprint density at radius 3 is 2.19 bits per heavy atom. The molecule has 31 heavy (non-hydrogen) atoms. The van der Waals surface area contributed by atoms with Crippen LogP contribution in [0.2, 0.25) is 0 Å². The first-order valence-corrected chi connectivity index (χ1v) is 10.6. The Hall–Kier alpha value is -3.91. The molecule has 0 aliphatic carbocycles. The molecule has 0 bridgehead atoms. The summed E-state index contributed by atoms with van der Waals surface area (Å²) >= 11 is 0. The van der Waals surface area contributed by atoms with Crippen LogP contribution in [0.3, 0.4) is 0 Å². The number of allylic oxidation sites excluding steroid dienone is 1. The number of nitrogens with zero attached hydrogens (tertiary/aromatic N) is 1. The zero-order valence-electron chi connectivity index (χ0n) is 17.5. The third kappa shape index (κ3) is 3.57. The van der Waals surface area contributed by atoms with Crippen molar-refractivity contribution in [1.82, 2.24) is 4.57 Å². The van der Waals surface area contributed by atoms with Gasteiger partial charge in [-0.05, 0) is 47.9 Å². The number of rotatable bonds is 5. The number of aromatic nitrogens is 1. The van der Waals surface area contributed by atoms with Gasteiger partial charge < -0.3 is 4.57 Å². The van der Waals surface area contributed by atoms with E-state index in [9.17, 15) is 4.79 Å². The third-order valence-electron chi connectivity index (χ3n) is 5.82. The number of benzene rings is 4. The Bertz CT molecular complexity index is 1410. The highest BCUT2D eigenvalue weighted by Crippen LogP contribution is 2.30. The quantitative estimate of drug-likeness (QED) is 0.222. The van der Waals surface area contributed by atoms with Crippen LogP contribution in [0.25, 0.3) is 39.0 Å². The predicted octanol–water partition coefficient (Wildman–Crippen LogP) is 7.38. The molecule has 0 unspecified atom stereocenters. The van der Waals surface area contributed by atoms with Crippen molar-refractivity contribution in [3.8, 4) is 11.1 Å². The zero-order valence-corrected chi connectivity index (χ0v) is 17.5. The molecule has 2 heteroatoms. The number of ketones is 1. The number of hydrogen-bond acceptors (Lipinski definition) is 1. The van der Waals surface area contributed by atoms with Crippen molar-refractivity contribution >= 4 is 33.7 Å². The van der Waals surface area contributed by atoms with E-state index in [1.54, 1.807) is 6.08 Å². The molecule has 1 aromatic heterocycles. The molecule has 0 radical (unpaired) electrons. The summed E-state index contributed by atoms with van der Waals surface area (Å²) in [6.45, 7) is 3.10. The highest BCUT2D eigenvalue weighted by molar-refractivity contribution is 6.10. The van der Waals surface area contributed by atoms with Crippen molar-refractivity contribution in [1.29, 1.82) is 0 Å². The monoisotopic (exact) mass is 401 g/mol. The van der Waals surface area contributed by atoms with Crippen LogP contribution in [-0.2, 0) is 6.54 Å². The number of carbonyl (C=O) groups excluding carboxylic acids is 1. The molecule has 0 aliphatic rings. The van der Waals surface area contributed by atoms with E-state index in [0.717, 1.165) is 23.2 Å². The first kappa shape index (κ1) is 19.1. The standard InChI is InChI=1S/C29H23NO/c1-2-30-27-11-7-6-10-25(27)26-20-21(12-18-28(26)30)13-19-29(31)24-16-14-23(15-17-24)22-8-4-3-5-9-22/h3-20H,2H2,1H3/b19-13+. The Balaban J connectivity index is 1.42. The van der Waals surface area contributed by atoms with Crippen LogP contribution < -0.4 is 0 Å². The summed E-state index contributed by atoms with van der Waals surface area (Å²) in [7, 11) is 0. The van der Waals surface area contributed by atoms with Crippen molar-refractivity contribution in [2.24, 2.45) is 0 Å². The molecule has 0 saturated carbocycles. The van der Waals surface area contributed by atoms with E-state index in [1.165, 1.54) is 21.8 Å². The van der Waals surface area contributed by atoms with Crippen LogP contribution in [0.5, 0.6) is 0 Å². The van der Waals surface area contributed by atoms with Crippen LogP contribution in [0, 0.1) is 0 Å². The Labute approximate surface area is 182 Å². The van der Waals surface area contributed by atoms with E-state index in [1.807, 2.05) is 48.5 Å². The molecule has 150 valence electrons. The van der Waals surface area contributed by atoms with Gasteiger partial charge in [0.2, 0.25) is 0 Å². The zero-order chi connectivity index (χ0) is 21.2. The lowest BCUT2D eigenvalue weighted by Gasteiger charge is -2.03. The SMILES string of the molecule is CCn1c2ccccc2c2cc(/C=C/C(=O)c3ccc(-c4ccccc4)cc3)ccc21. The third-order valence-corrected chi connectivity index (χ3v) is 5.82. The molecule has 0 fully saturated rings. The van der Waals surface area contributed by atoms with E-state index in [4.69, 9.17) is 0 Å². The Morgan fingerprint density at radius 2 is 1.42 bits per heavy atom. The van der Waals surface area contributed by atoms with Gasteiger partial charge in [-0.25, -0.2) is 0 Å². The van der Waals surface area contributed by atoms with Crippen LogP contribution in [0.4, 0.5) is 0 Å². The summed E-state index contributed by atoms with van der Waals surface area (Å²) in [4.78, 5) is 12.7. The normalized spacial score (nSPS) is 11.5. The van der Waals surface area contributed by atoms with Crippen LogP contribution in [0.15, 0.2) is 103 Å². The average molecular weight is 402 g/mol. The van der Waals surface area contributed by atoms with Crippen molar-refractivity contribution < 1.29 is 4.79 Å². The van der Waals surface area contributed by atoms with Gasteiger partial charge in [-0.3, -0.25) is 4.79 Å². The summed E-state index contributed by atoms with van der Waals surface area (Å²) in [5.74, 6) is 0.00990. The van der Waals surface area contributed by atoms with Crippen LogP contribution in [-0.4, -0.2) is 10.4 Å². The summed E-state index contributed by atoms with van der Waals surface area (Å²) in [6.07, 6.45) is 3.57. The van der Waals surface area contributed by atoms with Crippen LogP contribution >= 0.6 is 0 Å². The first-order chi connectivity index (χ1) is 15.2. The van der Waals surface area contributed by atoms with Crippen LogP contribution in [0.1, 0.15) is 22.8 Å². The fraction of sp³-hybridized carbons (Fsp3) is 0.0690. The highest BCUT2D eigenvalue weighted by Gasteiger charge is 2.09. The molecule has 2 nitrogen and oxygen atoms in total. The lowest BCUT2D eigenvalue weighted by Crippen LogP contribution is -1.94. The van der Waals surface area contributed by atoms with E-state index in [0.29, 0.717) is 5.56 Å². The molecule has 0 N–H and O–H groups in total. The second-order valence-corrected chi connectivity index (χ2v) is 7.68. The lowest BCUT2D eigenvalue weighted by atomic mass is 10.0. The molecule has 0 saturated heterocycles. The lowest BCUT2D eigenvalue weighted by molar-refractivity contribution is 0.104.